The topological polar surface area (TPSA) is 22.1 Å². The summed E-state index contributed by atoms with van der Waals surface area (Å²) in [6.45, 7) is 1.80. The maximum Gasteiger partial charge on any atom is 0.391 e. The van der Waals surface area contributed by atoms with E-state index in [4.69, 9.17) is 16.3 Å². The fourth-order valence-corrected chi connectivity index (χ4v) is 3.16. The van der Waals surface area contributed by atoms with Gasteiger partial charge in [-0.15, -0.1) is 0 Å². The highest BCUT2D eigenvalue weighted by atomic mass is 35.5. The van der Waals surface area contributed by atoms with Crippen molar-refractivity contribution in [1.82, 2.24) is 4.98 Å². The molecule has 1 saturated carbocycles. The van der Waals surface area contributed by atoms with Crippen molar-refractivity contribution < 1.29 is 17.9 Å². The monoisotopic (exact) mass is 333 g/mol. The summed E-state index contributed by atoms with van der Waals surface area (Å²) >= 11 is 5.94. The molecule has 2 nitrogen and oxygen atoms in total. The molecule has 6 heteroatoms. The molecule has 1 fully saturated rings. The van der Waals surface area contributed by atoms with Gasteiger partial charge in [0.2, 0.25) is 0 Å². The van der Waals surface area contributed by atoms with Crippen LogP contribution in [0.1, 0.15) is 36.9 Å². The molecule has 22 heavy (non-hydrogen) atoms. The standard InChI is InChI=1S/C16H19ClF3NO/c1-10-15(22-2)12(9-14(17)21-10)6-3-11-4-7-13(8-5-11)16(18,19)20/h3,6,9,11,13H,4-5,7-8H2,1-2H3/b6-3+/t11-,13-. The second-order valence-corrected chi connectivity index (χ2v) is 6.05. The third kappa shape index (κ3) is 4.15. The first-order valence-electron chi connectivity index (χ1n) is 7.27. The summed E-state index contributed by atoms with van der Waals surface area (Å²) in [6.07, 6.45) is 1.28. The quantitative estimate of drug-likeness (QED) is 0.688. The predicted molar refractivity (Wildman–Crippen MR) is 81.1 cm³/mol. The zero-order valence-corrected chi connectivity index (χ0v) is 13.3. The largest absolute Gasteiger partial charge is 0.494 e. The van der Waals surface area contributed by atoms with Crippen molar-refractivity contribution in [3.63, 3.8) is 0 Å². The number of rotatable bonds is 3. The van der Waals surface area contributed by atoms with E-state index < -0.39 is 12.1 Å². The number of nitrogens with zero attached hydrogens (tertiary/aromatic N) is 1. The van der Waals surface area contributed by atoms with Crippen molar-refractivity contribution in [2.24, 2.45) is 11.8 Å². The number of hydrogen-bond acceptors (Lipinski definition) is 2. The molecule has 0 bridgehead atoms. The molecular weight excluding hydrogens is 315 g/mol. The van der Waals surface area contributed by atoms with Crippen molar-refractivity contribution >= 4 is 17.7 Å². The first kappa shape index (κ1) is 17.1. The SMILES string of the molecule is COc1c(/C=C/[C@H]2CC[C@H](C(F)(F)F)CC2)cc(Cl)nc1C. The number of aromatic nitrogens is 1. The zero-order valence-electron chi connectivity index (χ0n) is 12.6. The van der Waals surface area contributed by atoms with Crippen LogP contribution in [-0.4, -0.2) is 18.3 Å². The molecule has 1 aliphatic carbocycles. The maximum absolute atomic E-state index is 12.7. The Morgan fingerprint density at radius 3 is 2.45 bits per heavy atom. The van der Waals surface area contributed by atoms with Crippen LogP contribution in [0, 0.1) is 18.8 Å². The molecule has 0 radical (unpaired) electrons. The summed E-state index contributed by atoms with van der Waals surface area (Å²) < 4.78 is 43.3. The minimum atomic E-state index is -4.06. The number of pyridine rings is 1. The van der Waals surface area contributed by atoms with E-state index in [0.29, 0.717) is 29.4 Å². The second-order valence-electron chi connectivity index (χ2n) is 5.67. The molecule has 0 atom stereocenters. The minimum Gasteiger partial charge on any atom is -0.494 e. The molecule has 1 aliphatic rings. The second kappa shape index (κ2) is 6.90. The molecule has 122 valence electrons. The van der Waals surface area contributed by atoms with E-state index >= 15 is 0 Å². The third-order valence-corrected chi connectivity index (χ3v) is 4.32. The number of alkyl halides is 3. The van der Waals surface area contributed by atoms with Gasteiger partial charge in [0.15, 0.2) is 0 Å². The Bertz CT molecular complexity index is 549. The Balaban J connectivity index is 2.05. The van der Waals surface area contributed by atoms with Gasteiger partial charge < -0.3 is 4.74 Å². The number of hydrogen-bond donors (Lipinski definition) is 0. The van der Waals surface area contributed by atoms with E-state index in [1.54, 1.807) is 20.1 Å². The first-order chi connectivity index (χ1) is 10.3. The van der Waals surface area contributed by atoms with Crippen LogP contribution in [0.15, 0.2) is 12.1 Å². The van der Waals surface area contributed by atoms with E-state index in [1.165, 1.54) is 0 Å². The van der Waals surface area contributed by atoms with Crippen LogP contribution in [-0.2, 0) is 0 Å². The molecule has 1 aromatic rings. The van der Waals surface area contributed by atoms with Gasteiger partial charge in [-0.2, -0.15) is 13.2 Å². The lowest BCUT2D eigenvalue weighted by molar-refractivity contribution is -0.183. The van der Waals surface area contributed by atoms with E-state index in [2.05, 4.69) is 4.98 Å². The van der Waals surface area contributed by atoms with E-state index in [0.717, 1.165) is 5.56 Å². The highest BCUT2D eigenvalue weighted by molar-refractivity contribution is 6.29. The minimum absolute atomic E-state index is 0.163. The molecule has 0 N–H and O–H groups in total. The van der Waals surface area contributed by atoms with Gasteiger partial charge in [-0.3, -0.25) is 0 Å². The Morgan fingerprint density at radius 2 is 1.91 bits per heavy atom. The summed E-state index contributed by atoms with van der Waals surface area (Å²) in [5.41, 5.74) is 1.49. The molecule has 0 unspecified atom stereocenters. The summed E-state index contributed by atoms with van der Waals surface area (Å²) in [5.74, 6) is -0.343. The highest BCUT2D eigenvalue weighted by Gasteiger charge is 2.40. The molecule has 1 heterocycles. The normalized spacial score (nSPS) is 23.0. The van der Waals surface area contributed by atoms with Gasteiger partial charge >= 0.3 is 6.18 Å². The summed E-state index contributed by atoms with van der Waals surface area (Å²) in [5, 5.41) is 0.374. The van der Waals surface area contributed by atoms with Gasteiger partial charge in [-0.25, -0.2) is 4.98 Å². The van der Waals surface area contributed by atoms with Crippen molar-refractivity contribution in [2.75, 3.05) is 7.11 Å². The Kier molecular flexibility index (Phi) is 5.37. The van der Waals surface area contributed by atoms with Crippen LogP contribution < -0.4 is 4.74 Å². The predicted octanol–water partition coefficient (Wildman–Crippen LogP) is 5.43. The molecule has 0 aromatic carbocycles. The van der Waals surface area contributed by atoms with Crippen LogP contribution in [0.25, 0.3) is 6.08 Å². The third-order valence-electron chi connectivity index (χ3n) is 4.13. The molecule has 2 rings (SSSR count). The number of methoxy groups -OCH3 is 1. The summed E-state index contributed by atoms with van der Waals surface area (Å²) in [4.78, 5) is 4.12. The van der Waals surface area contributed by atoms with E-state index in [9.17, 15) is 13.2 Å². The van der Waals surface area contributed by atoms with Gasteiger partial charge in [0.1, 0.15) is 10.9 Å². The van der Waals surface area contributed by atoms with Crippen molar-refractivity contribution in [3.8, 4) is 5.75 Å². The smallest absolute Gasteiger partial charge is 0.391 e. The van der Waals surface area contributed by atoms with Gasteiger partial charge in [0, 0.05) is 5.56 Å². The number of ether oxygens (including phenoxy) is 1. The van der Waals surface area contributed by atoms with Crippen LogP contribution in [0.3, 0.4) is 0 Å². The van der Waals surface area contributed by atoms with E-state index in [-0.39, 0.29) is 18.8 Å². The number of allylic oxidation sites excluding steroid dienone is 1. The lowest BCUT2D eigenvalue weighted by Crippen LogP contribution is -2.27. The summed E-state index contributed by atoms with van der Waals surface area (Å²) in [6, 6.07) is 1.70. The fourth-order valence-electron chi connectivity index (χ4n) is 2.91. The highest BCUT2D eigenvalue weighted by Crippen LogP contribution is 2.40. The van der Waals surface area contributed by atoms with Gasteiger partial charge in [0.25, 0.3) is 0 Å². The maximum atomic E-state index is 12.7. The average molecular weight is 334 g/mol. The van der Waals surface area contributed by atoms with Gasteiger partial charge in [-0.05, 0) is 44.6 Å². The van der Waals surface area contributed by atoms with Crippen molar-refractivity contribution in [3.05, 3.63) is 28.6 Å². The molecule has 1 aromatic heterocycles. The van der Waals surface area contributed by atoms with Gasteiger partial charge in [0.05, 0.1) is 18.7 Å². The van der Waals surface area contributed by atoms with Crippen LogP contribution >= 0.6 is 11.6 Å². The fraction of sp³-hybridized carbons (Fsp3) is 0.562. The molecule has 0 aliphatic heterocycles. The first-order valence-corrected chi connectivity index (χ1v) is 7.65. The number of halogens is 4. The van der Waals surface area contributed by atoms with Crippen LogP contribution in [0.2, 0.25) is 5.15 Å². The average Bonchev–Trinajstić information content (AvgIpc) is 2.44. The lowest BCUT2D eigenvalue weighted by atomic mass is 9.81. The van der Waals surface area contributed by atoms with Gasteiger partial charge in [-0.1, -0.05) is 23.8 Å². The van der Waals surface area contributed by atoms with Crippen LogP contribution in [0.4, 0.5) is 13.2 Å². The Labute approximate surface area is 133 Å². The van der Waals surface area contributed by atoms with E-state index in [1.807, 2.05) is 12.2 Å². The lowest BCUT2D eigenvalue weighted by Gasteiger charge is -2.28. The summed E-state index contributed by atoms with van der Waals surface area (Å²) in [7, 11) is 1.56. The molecular formula is C16H19ClF3NO. The van der Waals surface area contributed by atoms with Crippen molar-refractivity contribution in [1.29, 1.82) is 0 Å². The molecule has 0 spiro atoms. The zero-order chi connectivity index (χ0) is 16.3. The number of aryl methyl sites for hydroxylation is 1. The Morgan fingerprint density at radius 1 is 1.27 bits per heavy atom. The molecule has 0 amide bonds. The van der Waals surface area contributed by atoms with Crippen molar-refractivity contribution in [2.45, 2.75) is 38.8 Å². The van der Waals surface area contributed by atoms with Crippen LogP contribution in [0.5, 0.6) is 5.75 Å². The Hall–Kier alpha value is -1.23. The molecule has 0 saturated heterocycles.